The Balaban J connectivity index is 2.03. The number of carbonyl (C=O) groups is 1. The highest BCUT2D eigenvalue weighted by Crippen LogP contribution is 2.13. The van der Waals surface area contributed by atoms with Gasteiger partial charge in [0.2, 0.25) is 5.91 Å². The minimum absolute atomic E-state index is 0.226. The van der Waals surface area contributed by atoms with Crippen molar-refractivity contribution in [3.05, 3.63) is 24.0 Å². The Morgan fingerprint density at radius 3 is 2.93 bits per heavy atom. The molecular weight excluding hydrogens is 178 g/mol. The number of rotatable bonds is 2. The Morgan fingerprint density at radius 1 is 1.50 bits per heavy atom. The monoisotopic (exact) mass is 191 g/mol. The molecule has 74 valence electrons. The van der Waals surface area contributed by atoms with Crippen LogP contribution in [-0.2, 0) is 11.3 Å². The Hall–Kier alpha value is -1.58. The number of hydrogen-bond donors (Lipinski definition) is 1. The summed E-state index contributed by atoms with van der Waals surface area (Å²) in [7, 11) is 0. The van der Waals surface area contributed by atoms with Gasteiger partial charge in [-0.1, -0.05) is 0 Å². The molecule has 0 aliphatic carbocycles. The van der Waals surface area contributed by atoms with Gasteiger partial charge in [-0.3, -0.25) is 9.78 Å². The topological polar surface area (TPSA) is 59.2 Å². The number of nitrogen functional groups attached to an aromatic ring is 1. The van der Waals surface area contributed by atoms with Crippen LogP contribution in [0.3, 0.4) is 0 Å². The van der Waals surface area contributed by atoms with Crippen LogP contribution >= 0.6 is 0 Å². The van der Waals surface area contributed by atoms with Crippen molar-refractivity contribution in [1.29, 1.82) is 0 Å². The van der Waals surface area contributed by atoms with Crippen LogP contribution in [0.2, 0.25) is 0 Å². The molecule has 1 saturated heterocycles. The van der Waals surface area contributed by atoms with Crippen LogP contribution in [0.1, 0.15) is 18.5 Å². The number of carbonyl (C=O) groups excluding carboxylic acids is 1. The summed E-state index contributed by atoms with van der Waals surface area (Å²) in [6, 6.07) is 3.67. The standard InChI is InChI=1S/C10H13N3O/c11-8-3-4-9(12-6-8)7-13-5-1-2-10(13)14/h3-4,6H,1-2,5,7,11H2. The first-order valence-electron chi connectivity index (χ1n) is 4.74. The van der Waals surface area contributed by atoms with E-state index in [0.717, 1.165) is 18.7 Å². The van der Waals surface area contributed by atoms with E-state index in [1.54, 1.807) is 6.20 Å². The first-order chi connectivity index (χ1) is 6.75. The van der Waals surface area contributed by atoms with Crippen molar-refractivity contribution in [3.8, 4) is 0 Å². The van der Waals surface area contributed by atoms with Gasteiger partial charge in [-0.05, 0) is 18.6 Å². The first-order valence-corrected chi connectivity index (χ1v) is 4.74. The summed E-state index contributed by atoms with van der Waals surface area (Å²) in [5.74, 6) is 0.226. The molecule has 0 radical (unpaired) electrons. The van der Waals surface area contributed by atoms with Crippen LogP contribution in [0, 0.1) is 0 Å². The van der Waals surface area contributed by atoms with E-state index in [-0.39, 0.29) is 5.91 Å². The summed E-state index contributed by atoms with van der Waals surface area (Å²) in [5, 5.41) is 0. The fourth-order valence-corrected chi connectivity index (χ4v) is 1.60. The van der Waals surface area contributed by atoms with Crippen molar-refractivity contribution >= 4 is 11.6 Å². The molecule has 1 aliphatic heterocycles. The van der Waals surface area contributed by atoms with Crippen molar-refractivity contribution < 1.29 is 4.79 Å². The molecule has 1 aromatic heterocycles. The van der Waals surface area contributed by atoms with E-state index < -0.39 is 0 Å². The van der Waals surface area contributed by atoms with Crippen molar-refractivity contribution in [2.45, 2.75) is 19.4 Å². The Bertz CT molecular complexity index is 334. The second kappa shape index (κ2) is 3.65. The van der Waals surface area contributed by atoms with Crippen molar-refractivity contribution in [1.82, 2.24) is 9.88 Å². The number of aromatic nitrogens is 1. The van der Waals surface area contributed by atoms with Gasteiger partial charge >= 0.3 is 0 Å². The SMILES string of the molecule is Nc1ccc(CN2CCCC2=O)nc1. The fraction of sp³-hybridized carbons (Fsp3) is 0.400. The largest absolute Gasteiger partial charge is 0.397 e. The van der Waals surface area contributed by atoms with E-state index in [9.17, 15) is 4.79 Å². The zero-order valence-corrected chi connectivity index (χ0v) is 7.94. The highest BCUT2D eigenvalue weighted by atomic mass is 16.2. The highest BCUT2D eigenvalue weighted by molar-refractivity contribution is 5.77. The predicted octanol–water partition coefficient (Wildman–Crippen LogP) is 0.786. The van der Waals surface area contributed by atoms with E-state index in [2.05, 4.69) is 4.98 Å². The second-order valence-electron chi connectivity index (χ2n) is 3.50. The molecule has 4 heteroatoms. The number of hydrogen-bond acceptors (Lipinski definition) is 3. The zero-order chi connectivity index (χ0) is 9.97. The maximum Gasteiger partial charge on any atom is 0.222 e. The maximum absolute atomic E-state index is 11.3. The van der Waals surface area contributed by atoms with Crippen molar-refractivity contribution in [2.24, 2.45) is 0 Å². The van der Waals surface area contributed by atoms with Crippen molar-refractivity contribution in [2.75, 3.05) is 12.3 Å². The average Bonchev–Trinajstić information content (AvgIpc) is 2.56. The molecule has 4 nitrogen and oxygen atoms in total. The van der Waals surface area contributed by atoms with Crippen molar-refractivity contribution in [3.63, 3.8) is 0 Å². The molecule has 1 fully saturated rings. The Morgan fingerprint density at radius 2 is 2.36 bits per heavy atom. The lowest BCUT2D eigenvalue weighted by atomic mass is 10.3. The normalized spacial score (nSPS) is 16.3. The smallest absolute Gasteiger partial charge is 0.222 e. The lowest BCUT2D eigenvalue weighted by Gasteiger charge is -2.14. The molecular formula is C10H13N3O. The maximum atomic E-state index is 11.3. The molecule has 2 rings (SSSR count). The first kappa shape index (κ1) is 8.99. The van der Waals surface area contributed by atoms with Crippen LogP contribution in [0.4, 0.5) is 5.69 Å². The summed E-state index contributed by atoms with van der Waals surface area (Å²) in [5.41, 5.74) is 7.07. The van der Waals surface area contributed by atoms with Crippen LogP contribution in [0.5, 0.6) is 0 Å². The lowest BCUT2D eigenvalue weighted by Crippen LogP contribution is -2.24. The third-order valence-electron chi connectivity index (χ3n) is 2.37. The van der Waals surface area contributed by atoms with E-state index in [4.69, 9.17) is 5.73 Å². The Kier molecular flexibility index (Phi) is 2.35. The highest BCUT2D eigenvalue weighted by Gasteiger charge is 2.20. The van der Waals surface area contributed by atoms with Crippen LogP contribution < -0.4 is 5.73 Å². The molecule has 0 spiro atoms. The molecule has 1 aromatic rings. The lowest BCUT2D eigenvalue weighted by molar-refractivity contribution is -0.128. The minimum atomic E-state index is 0.226. The van der Waals surface area contributed by atoms with Gasteiger partial charge in [-0.25, -0.2) is 0 Å². The van der Waals surface area contributed by atoms with Crippen LogP contribution in [0.15, 0.2) is 18.3 Å². The molecule has 0 bridgehead atoms. The van der Waals surface area contributed by atoms with E-state index in [0.29, 0.717) is 18.7 Å². The van der Waals surface area contributed by atoms with Gasteiger partial charge in [-0.15, -0.1) is 0 Å². The summed E-state index contributed by atoms with van der Waals surface area (Å²) in [4.78, 5) is 17.3. The van der Waals surface area contributed by atoms with Gasteiger partial charge in [-0.2, -0.15) is 0 Å². The van der Waals surface area contributed by atoms with Crippen LogP contribution in [-0.4, -0.2) is 22.3 Å². The molecule has 0 atom stereocenters. The van der Waals surface area contributed by atoms with E-state index in [1.165, 1.54) is 0 Å². The number of amides is 1. The minimum Gasteiger partial charge on any atom is -0.397 e. The number of likely N-dealkylation sites (tertiary alicyclic amines) is 1. The molecule has 2 N–H and O–H groups in total. The van der Waals surface area contributed by atoms with E-state index in [1.807, 2.05) is 17.0 Å². The van der Waals surface area contributed by atoms with Crippen LogP contribution in [0.25, 0.3) is 0 Å². The molecule has 14 heavy (non-hydrogen) atoms. The molecule has 0 aromatic carbocycles. The molecule has 1 amide bonds. The van der Waals surface area contributed by atoms with E-state index >= 15 is 0 Å². The number of pyridine rings is 1. The zero-order valence-electron chi connectivity index (χ0n) is 7.94. The van der Waals surface area contributed by atoms with Gasteiger partial charge in [0.15, 0.2) is 0 Å². The summed E-state index contributed by atoms with van der Waals surface area (Å²) >= 11 is 0. The second-order valence-corrected chi connectivity index (χ2v) is 3.50. The summed E-state index contributed by atoms with van der Waals surface area (Å²) in [6.45, 7) is 1.46. The molecule has 2 heterocycles. The van der Waals surface area contributed by atoms with Gasteiger partial charge in [0.05, 0.1) is 24.1 Å². The van der Waals surface area contributed by atoms with Gasteiger partial charge < -0.3 is 10.6 Å². The average molecular weight is 191 g/mol. The summed E-state index contributed by atoms with van der Waals surface area (Å²) < 4.78 is 0. The van der Waals surface area contributed by atoms with Gasteiger partial charge in [0, 0.05) is 13.0 Å². The molecule has 1 aliphatic rings. The molecule has 0 unspecified atom stereocenters. The summed E-state index contributed by atoms with van der Waals surface area (Å²) in [6.07, 6.45) is 3.26. The quantitative estimate of drug-likeness (QED) is 0.751. The third-order valence-corrected chi connectivity index (χ3v) is 2.37. The number of nitrogens with two attached hydrogens (primary N) is 1. The number of anilines is 1. The van der Waals surface area contributed by atoms with Gasteiger partial charge in [0.1, 0.15) is 0 Å². The predicted molar refractivity (Wildman–Crippen MR) is 53.3 cm³/mol. The third kappa shape index (κ3) is 1.84. The molecule has 0 saturated carbocycles. The van der Waals surface area contributed by atoms with Gasteiger partial charge in [0.25, 0.3) is 0 Å². The fourth-order valence-electron chi connectivity index (χ4n) is 1.60. The number of nitrogens with zero attached hydrogens (tertiary/aromatic N) is 2. The Labute approximate surface area is 82.7 Å².